The van der Waals surface area contributed by atoms with Crippen LogP contribution in [0.5, 0.6) is 0 Å². The topological polar surface area (TPSA) is 64.0 Å². The van der Waals surface area contributed by atoms with E-state index in [-0.39, 0.29) is 22.7 Å². The molecule has 1 aromatic heterocycles. The Hall–Kier alpha value is -1.73. The molecule has 5 nitrogen and oxygen atoms in total. The average molecular weight is 339 g/mol. The van der Waals surface area contributed by atoms with E-state index in [0.717, 1.165) is 0 Å². The minimum atomic E-state index is -3.36. The quantitative estimate of drug-likeness (QED) is 0.593. The van der Waals surface area contributed by atoms with E-state index in [4.69, 9.17) is 0 Å². The summed E-state index contributed by atoms with van der Waals surface area (Å²) in [5.41, 5.74) is 0. The lowest BCUT2D eigenvalue weighted by molar-refractivity contribution is 0.367. The third-order valence-electron chi connectivity index (χ3n) is 3.89. The second-order valence-corrected chi connectivity index (χ2v) is 7.70. The monoisotopic (exact) mass is 339 g/mol. The lowest BCUT2D eigenvalue weighted by atomic mass is 10.2. The molecule has 2 rings (SSSR count). The maximum absolute atomic E-state index is 12.9. The van der Waals surface area contributed by atoms with Crippen molar-refractivity contribution >= 4 is 9.84 Å². The minimum absolute atomic E-state index is 0.0362. The Labute approximate surface area is 136 Å². The molecule has 0 aliphatic carbocycles. The molecule has 0 saturated heterocycles. The summed E-state index contributed by atoms with van der Waals surface area (Å²) in [4.78, 5) is 0.164. The van der Waals surface area contributed by atoms with Crippen LogP contribution in [0.1, 0.15) is 26.3 Å². The van der Waals surface area contributed by atoms with Crippen molar-refractivity contribution in [1.29, 1.82) is 0 Å². The summed E-state index contributed by atoms with van der Waals surface area (Å²) in [5.74, 6) is -0.402. The van der Waals surface area contributed by atoms with Crippen LogP contribution < -0.4 is 5.32 Å². The Bertz CT molecular complexity index is 699. The van der Waals surface area contributed by atoms with Gasteiger partial charge in [-0.15, -0.1) is 0 Å². The predicted molar refractivity (Wildman–Crippen MR) is 87.5 cm³/mol. The molecule has 1 N–H and O–H groups in total. The zero-order chi connectivity index (χ0) is 16.9. The van der Waals surface area contributed by atoms with Crippen molar-refractivity contribution in [2.45, 2.75) is 37.2 Å². The van der Waals surface area contributed by atoms with E-state index in [0.29, 0.717) is 13.0 Å². The van der Waals surface area contributed by atoms with Gasteiger partial charge in [0.1, 0.15) is 5.82 Å². The van der Waals surface area contributed by atoms with Gasteiger partial charge in [0.25, 0.3) is 0 Å². The fourth-order valence-electron chi connectivity index (χ4n) is 2.27. The summed E-state index contributed by atoms with van der Waals surface area (Å²) in [6.07, 6.45) is 4.14. The first-order valence-corrected chi connectivity index (χ1v) is 9.26. The van der Waals surface area contributed by atoms with Gasteiger partial charge >= 0.3 is 0 Å². The molecule has 126 valence electrons. The molecule has 0 saturated carbocycles. The number of hydrogen-bond acceptors (Lipinski definition) is 4. The van der Waals surface area contributed by atoms with E-state index >= 15 is 0 Å². The van der Waals surface area contributed by atoms with Crippen molar-refractivity contribution < 1.29 is 12.8 Å². The molecule has 0 aliphatic rings. The van der Waals surface area contributed by atoms with E-state index in [2.05, 4.69) is 17.3 Å². The number of sulfone groups is 1. The molecular weight excluding hydrogens is 317 g/mol. The van der Waals surface area contributed by atoms with Gasteiger partial charge in [-0.3, -0.25) is 4.68 Å². The van der Waals surface area contributed by atoms with Crippen LogP contribution in [0.15, 0.2) is 47.6 Å². The van der Waals surface area contributed by atoms with E-state index < -0.39 is 15.7 Å². The molecule has 0 amide bonds. The Balaban J connectivity index is 1.79. The molecule has 1 aromatic carbocycles. The highest BCUT2D eigenvalue weighted by atomic mass is 32.2. The van der Waals surface area contributed by atoms with E-state index in [1.807, 2.05) is 23.9 Å². The summed E-state index contributed by atoms with van der Waals surface area (Å²) in [7, 11) is -3.36. The Morgan fingerprint density at radius 1 is 1.26 bits per heavy atom. The van der Waals surface area contributed by atoms with Crippen LogP contribution in [0, 0.1) is 5.82 Å². The van der Waals surface area contributed by atoms with E-state index in [9.17, 15) is 12.8 Å². The number of benzene rings is 1. The number of rotatable bonds is 8. The molecular formula is C16H22FN3O2S. The van der Waals surface area contributed by atoms with Gasteiger partial charge in [0.2, 0.25) is 0 Å². The van der Waals surface area contributed by atoms with Gasteiger partial charge in [-0.25, -0.2) is 12.8 Å². The van der Waals surface area contributed by atoms with Crippen LogP contribution in [0.4, 0.5) is 4.39 Å². The number of nitrogens with zero attached hydrogens (tertiary/aromatic N) is 2. The third kappa shape index (κ3) is 4.87. The first-order valence-electron chi connectivity index (χ1n) is 7.61. The maximum atomic E-state index is 12.9. The van der Waals surface area contributed by atoms with Gasteiger partial charge in [0.15, 0.2) is 9.84 Å². The molecule has 2 atom stereocenters. The van der Waals surface area contributed by atoms with Crippen LogP contribution in [0.3, 0.4) is 0 Å². The van der Waals surface area contributed by atoms with Gasteiger partial charge in [-0.05, 0) is 57.1 Å². The smallest absolute Gasteiger partial charge is 0.178 e. The number of halogens is 1. The summed E-state index contributed by atoms with van der Waals surface area (Å²) < 4.78 is 39.0. The zero-order valence-corrected chi connectivity index (χ0v) is 14.1. The largest absolute Gasteiger partial charge is 0.312 e. The second-order valence-electron chi connectivity index (χ2n) is 5.60. The summed E-state index contributed by atoms with van der Waals surface area (Å²) in [6.45, 7) is 4.69. The Kier molecular flexibility index (Phi) is 5.90. The average Bonchev–Trinajstić information content (AvgIpc) is 3.05. The lowest BCUT2D eigenvalue weighted by Gasteiger charge is -2.21. The Morgan fingerprint density at radius 3 is 2.57 bits per heavy atom. The van der Waals surface area contributed by atoms with Crippen LogP contribution in [0.25, 0.3) is 0 Å². The van der Waals surface area contributed by atoms with E-state index in [1.165, 1.54) is 24.3 Å². The van der Waals surface area contributed by atoms with Crippen LogP contribution in [-0.4, -0.2) is 36.5 Å². The van der Waals surface area contributed by atoms with Gasteiger partial charge in [0, 0.05) is 18.4 Å². The van der Waals surface area contributed by atoms with Crippen LogP contribution in [0.2, 0.25) is 0 Å². The summed E-state index contributed by atoms with van der Waals surface area (Å²) in [6, 6.07) is 7.17. The predicted octanol–water partition coefficient (Wildman–Crippen LogP) is 2.43. The minimum Gasteiger partial charge on any atom is -0.312 e. The molecule has 2 aromatic rings. The molecule has 0 fully saturated rings. The third-order valence-corrected chi connectivity index (χ3v) is 5.71. The molecule has 0 radical (unpaired) electrons. The standard InChI is InChI=1S/C16H22FN3O2S/c1-13(14(2)20-11-3-10-19-20)18-9-4-12-23(21,22)16-7-5-15(17)6-8-16/h3,5-8,10-11,13-14,18H,4,9,12H2,1-2H3. The fraction of sp³-hybridized carbons (Fsp3) is 0.438. The fourth-order valence-corrected chi connectivity index (χ4v) is 3.58. The van der Waals surface area contributed by atoms with Crippen molar-refractivity contribution in [2.24, 2.45) is 0 Å². The van der Waals surface area contributed by atoms with Crippen LogP contribution in [-0.2, 0) is 9.84 Å². The Morgan fingerprint density at radius 2 is 1.96 bits per heavy atom. The molecule has 1 heterocycles. The van der Waals surface area contributed by atoms with Gasteiger partial charge in [-0.1, -0.05) is 0 Å². The zero-order valence-electron chi connectivity index (χ0n) is 13.3. The summed E-state index contributed by atoms with van der Waals surface area (Å²) >= 11 is 0. The van der Waals surface area contributed by atoms with E-state index in [1.54, 1.807) is 6.20 Å². The lowest BCUT2D eigenvalue weighted by Crippen LogP contribution is -2.35. The van der Waals surface area contributed by atoms with Crippen molar-refractivity contribution in [1.82, 2.24) is 15.1 Å². The van der Waals surface area contributed by atoms with Gasteiger partial charge in [0.05, 0.1) is 16.7 Å². The number of aromatic nitrogens is 2. The molecule has 2 unspecified atom stereocenters. The summed E-state index contributed by atoms with van der Waals surface area (Å²) in [5, 5.41) is 7.52. The van der Waals surface area contributed by atoms with Gasteiger partial charge in [-0.2, -0.15) is 5.10 Å². The van der Waals surface area contributed by atoms with Gasteiger partial charge < -0.3 is 5.32 Å². The number of hydrogen-bond donors (Lipinski definition) is 1. The highest BCUT2D eigenvalue weighted by Gasteiger charge is 2.16. The van der Waals surface area contributed by atoms with Crippen molar-refractivity contribution in [3.05, 3.63) is 48.5 Å². The SMILES string of the molecule is CC(NCCCS(=O)(=O)c1ccc(F)cc1)C(C)n1cccn1. The number of nitrogens with one attached hydrogen (secondary N) is 1. The highest BCUT2D eigenvalue weighted by molar-refractivity contribution is 7.91. The van der Waals surface area contributed by atoms with Crippen LogP contribution >= 0.6 is 0 Å². The first kappa shape index (κ1) is 17.6. The normalized spacial score (nSPS) is 14.6. The molecule has 7 heteroatoms. The molecule has 0 aliphatic heterocycles. The maximum Gasteiger partial charge on any atom is 0.178 e. The highest BCUT2D eigenvalue weighted by Crippen LogP contribution is 2.13. The van der Waals surface area contributed by atoms with Crippen molar-refractivity contribution in [3.63, 3.8) is 0 Å². The molecule has 0 bridgehead atoms. The first-order chi connectivity index (χ1) is 10.9. The molecule has 0 spiro atoms. The molecule has 23 heavy (non-hydrogen) atoms. The second kappa shape index (κ2) is 7.70. The van der Waals surface area contributed by atoms with Crippen molar-refractivity contribution in [3.8, 4) is 0 Å². The van der Waals surface area contributed by atoms with Crippen molar-refractivity contribution in [2.75, 3.05) is 12.3 Å².